The first-order chi connectivity index (χ1) is 9.24. The molecule has 0 amide bonds. The number of esters is 1. The Bertz CT molecular complexity index is 419. The monoisotopic (exact) mass is 265 g/mol. The van der Waals surface area contributed by atoms with E-state index in [1.54, 1.807) is 0 Å². The van der Waals surface area contributed by atoms with Gasteiger partial charge in [0.15, 0.2) is 5.89 Å². The van der Waals surface area contributed by atoms with Gasteiger partial charge in [-0.2, -0.15) is 0 Å². The van der Waals surface area contributed by atoms with Crippen molar-refractivity contribution >= 4 is 5.97 Å². The summed E-state index contributed by atoms with van der Waals surface area (Å²) >= 11 is 0. The number of hydrogen-bond acceptors (Lipinski definition) is 4. The minimum Gasteiger partial charge on any atom is -0.463 e. The van der Waals surface area contributed by atoms with Gasteiger partial charge in [-0.1, -0.05) is 32.6 Å². The van der Waals surface area contributed by atoms with Gasteiger partial charge >= 0.3 is 5.97 Å². The summed E-state index contributed by atoms with van der Waals surface area (Å²) in [5, 5.41) is 0. The van der Waals surface area contributed by atoms with Crippen LogP contribution in [0.1, 0.15) is 67.6 Å². The number of methoxy groups -OCH3 is 1. The number of oxazole rings is 1. The summed E-state index contributed by atoms with van der Waals surface area (Å²) in [7, 11) is 1.38. The van der Waals surface area contributed by atoms with Gasteiger partial charge in [0, 0.05) is 6.42 Å². The van der Waals surface area contributed by atoms with Crippen LogP contribution in [0.2, 0.25) is 0 Å². The number of nitrogens with zero attached hydrogens (tertiary/aromatic N) is 1. The molecule has 0 saturated heterocycles. The van der Waals surface area contributed by atoms with Gasteiger partial charge in [0.25, 0.3) is 0 Å². The molecule has 1 aliphatic carbocycles. The van der Waals surface area contributed by atoms with Crippen LogP contribution in [0.25, 0.3) is 0 Å². The van der Waals surface area contributed by atoms with Crippen LogP contribution in [-0.2, 0) is 17.6 Å². The van der Waals surface area contributed by atoms with E-state index in [9.17, 15) is 4.79 Å². The zero-order chi connectivity index (χ0) is 13.7. The molecule has 4 nitrogen and oxygen atoms in total. The van der Waals surface area contributed by atoms with Crippen LogP contribution in [0.15, 0.2) is 4.42 Å². The summed E-state index contributed by atoms with van der Waals surface area (Å²) in [5.74, 6) is 1.25. The molecule has 1 fully saturated rings. The minimum absolute atomic E-state index is 0.301. The van der Waals surface area contributed by atoms with Crippen molar-refractivity contribution in [3.63, 3.8) is 0 Å². The maximum Gasteiger partial charge on any atom is 0.375 e. The highest BCUT2D eigenvalue weighted by molar-refractivity contribution is 5.87. The second kappa shape index (κ2) is 6.73. The van der Waals surface area contributed by atoms with Crippen LogP contribution in [0.3, 0.4) is 0 Å². The van der Waals surface area contributed by atoms with Crippen LogP contribution in [0.5, 0.6) is 0 Å². The normalized spacial score (nSPS) is 16.5. The third-order valence-electron chi connectivity index (χ3n) is 3.79. The summed E-state index contributed by atoms with van der Waals surface area (Å²) in [6.07, 6.45) is 9.01. The Hall–Kier alpha value is -1.32. The lowest BCUT2D eigenvalue weighted by Gasteiger charge is -2.19. The molecule has 1 saturated carbocycles. The molecule has 0 unspecified atom stereocenters. The maximum absolute atomic E-state index is 11.7. The summed E-state index contributed by atoms with van der Waals surface area (Å²) in [6.45, 7) is 2.07. The number of hydrogen-bond donors (Lipinski definition) is 0. The van der Waals surface area contributed by atoms with Gasteiger partial charge in [-0.05, 0) is 25.2 Å². The lowest BCUT2D eigenvalue weighted by molar-refractivity contribution is 0.0560. The van der Waals surface area contributed by atoms with Crippen molar-refractivity contribution in [1.29, 1.82) is 0 Å². The molecule has 0 spiro atoms. The van der Waals surface area contributed by atoms with Crippen molar-refractivity contribution in [2.24, 2.45) is 5.92 Å². The smallest absolute Gasteiger partial charge is 0.375 e. The van der Waals surface area contributed by atoms with Crippen molar-refractivity contribution in [2.45, 2.75) is 58.3 Å². The number of carbonyl (C=O) groups excluding carboxylic acids is 1. The molecule has 1 aromatic rings. The molecule has 0 radical (unpaired) electrons. The number of rotatable bonds is 5. The third kappa shape index (κ3) is 3.58. The van der Waals surface area contributed by atoms with E-state index < -0.39 is 5.97 Å². The predicted molar refractivity (Wildman–Crippen MR) is 72.1 cm³/mol. The molecule has 1 aromatic heterocycles. The van der Waals surface area contributed by atoms with Crippen molar-refractivity contribution in [2.75, 3.05) is 7.11 Å². The van der Waals surface area contributed by atoms with Crippen LogP contribution in [0.4, 0.5) is 0 Å². The Morgan fingerprint density at radius 3 is 2.74 bits per heavy atom. The standard InChI is InChI=1S/C15H23NO3/c1-3-7-12-14(15(17)18-2)19-13(16-12)10-11-8-5-4-6-9-11/h11H,3-10H2,1-2H3. The van der Waals surface area contributed by atoms with Crippen LogP contribution >= 0.6 is 0 Å². The van der Waals surface area contributed by atoms with E-state index in [1.165, 1.54) is 39.2 Å². The summed E-state index contributed by atoms with van der Waals surface area (Å²) in [4.78, 5) is 16.2. The van der Waals surface area contributed by atoms with Gasteiger partial charge in [-0.25, -0.2) is 9.78 Å². The molecule has 0 atom stereocenters. The van der Waals surface area contributed by atoms with E-state index in [2.05, 4.69) is 11.9 Å². The highest BCUT2D eigenvalue weighted by atomic mass is 16.5. The van der Waals surface area contributed by atoms with Crippen LogP contribution in [-0.4, -0.2) is 18.1 Å². The molecule has 106 valence electrons. The van der Waals surface area contributed by atoms with E-state index in [0.717, 1.165) is 25.0 Å². The SMILES string of the molecule is CCCc1nc(CC2CCCCC2)oc1C(=O)OC. The zero-order valence-corrected chi connectivity index (χ0v) is 11.9. The first-order valence-corrected chi connectivity index (χ1v) is 7.31. The quantitative estimate of drug-likeness (QED) is 0.764. The number of aromatic nitrogens is 1. The number of ether oxygens (including phenoxy) is 1. The molecule has 0 aromatic carbocycles. The Labute approximate surface area is 114 Å². The van der Waals surface area contributed by atoms with E-state index >= 15 is 0 Å². The average Bonchev–Trinajstić information content (AvgIpc) is 2.82. The van der Waals surface area contributed by atoms with Crippen molar-refractivity contribution in [1.82, 2.24) is 4.98 Å². The van der Waals surface area contributed by atoms with Crippen molar-refractivity contribution in [3.8, 4) is 0 Å². The van der Waals surface area contributed by atoms with Crippen LogP contribution < -0.4 is 0 Å². The van der Waals surface area contributed by atoms with E-state index in [0.29, 0.717) is 17.6 Å². The van der Waals surface area contributed by atoms with E-state index in [-0.39, 0.29) is 0 Å². The summed E-state index contributed by atoms with van der Waals surface area (Å²) in [6, 6.07) is 0. The van der Waals surface area contributed by atoms with Crippen molar-refractivity contribution < 1.29 is 13.9 Å². The topological polar surface area (TPSA) is 52.3 Å². The lowest BCUT2D eigenvalue weighted by atomic mass is 9.87. The molecule has 0 aliphatic heterocycles. The molecular weight excluding hydrogens is 242 g/mol. The largest absolute Gasteiger partial charge is 0.463 e. The molecule has 19 heavy (non-hydrogen) atoms. The van der Waals surface area contributed by atoms with Crippen molar-refractivity contribution in [3.05, 3.63) is 17.3 Å². The van der Waals surface area contributed by atoms with Gasteiger partial charge in [0.05, 0.1) is 12.8 Å². The first kappa shape index (κ1) is 14.1. The Balaban J connectivity index is 2.09. The third-order valence-corrected chi connectivity index (χ3v) is 3.79. The van der Waals surface area contributed by atoms with E-state index in [4.69, 9.17) is 9.15 Å². The molecule has 2 rings (SSSR count). The van der Waals surface area contributed by atoms with Gasteiger partial charge in [0.2, 0.25) is 5.76 Å². The molecule has 4 heteroatoms. The Morgan fingerprint density at radius 1 is 1.37 bits per heavy atom. The lowest BCUT2D eigenvalue weighted by Crippen LogP contribution is -2.09. The van der Waals surface area contributed by atoms with Crippen LogP contribution in [0, 0.1) is 5.92 Å². The predicted octanol–water partition coefficient (Wildman–Crippen LogP) is 3.54. The Morgan fingerprint density at radius 2 is 2.11 bits per heavy atom. The minimum atomic E-state index is -0.411. The van der Waals surface area contributed by atoms with E-state index in [1.807, 2.05) is 0 Å². The second-order valence-corrected chi connectivity index (χ2v) is 5.33. The molecule has 0 bridgehead atoms. The second-order valence-electron chi connectivity index (χ2n) is 5.33. The fourth-order valence-corrected chi connectivity index (χ4v) is 2.78. The fraction of sp³-hybridized carbons (Fsp3) is 0.733. The number of aryl methyl sites for hydroxylation is 1. The molecular formula is C15H23NO3. The summed E-state index contributed by atoms with van der Waals surface area (Å²) < 4.78 is 10.4. The molecule has 1 aliphatic rings. The highest BCUT2D eigenvalue weighted by Gasteiger charge is 2.22. The van der Waals surface area contributed by atoms with Gasteiger partial charge in [-0.15, -0.1) is 0 Å². The van der Waals surface area contributed by atoms with Gasteiger partial charge in [0.1, 0.15) is 0 Å². The first-order valence-electron chi connectivity index (χ1n) is 7.31. The number of carbonyl (C=O) groups is 1. The maximum atomic E-state index is 11.7. The fourth-order valence-electron chi connectivity index (χ4n) is 2.78. The van der Waals surface area contributed by atoms with Gasteiger partial charge in [-0.3, -0.25) is 0 Å². The van der Waals surface area contributed by atoms with Gasteiger partial charge < -0.3 is 9.15 Å². The zero-order valence-electron chi connectivity index (χ0n) is 11.9. The Kier molecular flexibility index (Phi) is 5.00. The molecule has 1 heterocycles. The highest BCUT2D eigenvalue weighted by Crippen LogP contribution is 2.27. The molecule has 0 N–H and O–H groups in total. The summed E-state index contributed by atoms with van der Waals surface area (Å²) in [5.41, 5.74) is 0.750. The average molecular weight is 265 g/mol.